The number of nitrogens with two attached hydrogens (primary N) is 1. The summed E-state index contributed by atoms with van der Waals surface area (Å²) >= 11 is 2.95. The number of thioether (sulfide) groups is 1. The van der Waals surface area contributed by atoms with Crippen molar-refractivity contribution < 1.29 is 14.4 Å². The third kappa shape index (κ3) is 4.74. The van der Waals surface area contributed by atoms with Crippen molar-refractivity contribution in [1.82, 2.24) is 4.90 Å². The smallest absolute Gasteiger partial charge is 0.251 e. The summed E-state index contributed by atoms with van der Waals surface area (Å²) in [6, 6.07) is 8.17. The second kappa shape index (κ2) is 8.79. The molecule has 28 heavy (non-hydrogen) atoms. The van der Waals surface area contributed by atoms with Crippen LogP contribution in [-0.2, 0) is 22.6 Å². The first-order valence-electron chi connectivity index (χ1n) is 9.04. The lowest BCUT2D eigenvalue weighted by Gasteiger charge is -2.25. The number of thiophene rings is 1. The summed E-state index contributed by atoms with van der Waals surface area (Å²) in [5.74, 6) is -0.0510. The zero-order valence-corrected chi connectivity index (χ0v) is 17.5. The largest absolute Gasteiger partial charge is 0.365 e. The van der Waals surface area contributed by atoms with Gasteiger partial charge in [-0.2, -0.15) is 0 Å². The van der Waals surface area contributed by atoms with Crippen LogP contribution in [0.2, 0.25) is 0 Å². The molecule has 1 aromatic carbocycles. The predicted molar refractivity (Wildman–Crippen MR) is 113 cm³/mol. The molecule has 3 rings (SSSR count). The zero-order valence-electron chi connectivity index (χ0n) is 15.9. The minimum absolute atomic E-state index is 0.00149. The highest BCUT2D eigenvalue weighted by atomic mass is 32.2. The second-order valence-electron chi connectivity index (χ2n) is 6.72. The fraction of sp³-hybridized carbons (Fsp3) is 0.350. The lowest BCUT2D eigenvalue weighted by Crippen LogP contribution is -2.34. The van der Waals surface area contributed by atoms with Crippen LogP contribution in [0.4, 0.5) is 5.00 Å². The number of amides is 3. The third-order valence-corrected chi connectivity index (χ3v) is 6.77. The van der Waals surface area contributed by atoms with E-state index >= 15 is 0 Å². The molecule has 0 atom stereocenters. The Bertz CT molecular complexity index is 906. The standard InChI is InChI=1S/C20H23N3O3S2/c1-12-3-5-14(6-4-12)27-10-8-17(25)22-20-18(19(21)26)15-7-9-23(13(2)24)11-16(15)28-20/h3-6H,7-11H2,1-2H3,(H2,21,26)(H,22,25). The van der Waals surface area contributed by atoms with Gasteiger partial charge in [0.15, 0.2) is 0 Å². The first-order valence-corrected chi connectivity index (χ1v) is 10.8. The maximum atomic E-state index is 12.4. The number of rotatable bonds is 6. The summed E-state index contributed by atoms with van der Waals surface area (Å²) in [5.41, 5.74) is 8.03. The average molecular weight is 418 g/mol. The molecule has 0 radical (unpaired) electrons. The van der Waals surface area contributed by atoms with Crippen LogP contribution in [0.1, 0.15) is 39.7 Å². The zero-order chi connectivity index (χ0) is 20.3. The Morgan fingerprint density at radius 3 is 2.61 bits per heavy atom. The molecule has 0 saturated heterocycles. The molecular formula is C20H23N3O3S2. The van der Waals surface area contributed by atoms with Crippen LogP contribution in [-0.4, -0.2) is 34.9 Å². The lowest BCUT2D eigenvalue weighted by molar-refractivity contribution is -0.129. The van der Waals surface area contributed by atoms with Gasteiger partial charge >= 0.3 is 0 Å². The minimum atomic E-state index is -0.543. The van der Waals surface area contributed by atoms with Crippen LogP contribution in [0.25, 0.3) is 0 Å². The van der Waals surface area contributed by atoms with Crippen molar-refractivity contribution in [3.05, 3.63) is 45.8 Å². The molecule has 1 aromatic heterocycles. The van der Waals surface area contributed by atoms with Crippen LogP contribution in [0.5, 0.6) is 0 Å². The van der Waals surface area contributed by atoms with Crippen LogP contribution < -0.4 is 11.1 Å². The van der Waals surface area contributed by atoms with E-state index in [1.165, 1.54) is 23.8 Å². The van der Waals surface area contributed by atoms with E-state index in [2.05, 4.69) is 5.32 Å². The molecule has 148 valence electrons. The number of aryl methyl sites for hydroxylation is 1. The van der Waals surface area contributed by atoms with Crippen molar-refractivity contribution in [1.29, 1.82) is 0 Å². The van der Waals surface area contributed by atoms with Gasteiger partial charge in [0.2, 0.25) is 11.8 Å². The molecule has 1 aliphatic heterocycles. The van der Waals surface area contributed by atoms with E-state index in [0.29, 0.717) is 42.2 Å². The van der Waals surface area contributed by atoms with Crippen molar-refractivity contribution in [2.24, 2.45) is 5.73 Å². The lowest BCUT2D eigenvalue weighted by atomic mass is 10.0. The van der Waals surface area contributed by atoms with Crippen LogP contribution in [0.15, 0.2) is 29.2 Å². The molecule has 0 aliphatic carbocycles. The van der Waals surface area contributed by atoms with Gasteiger partial charge in [0.05, 0.1) is 12.1 Å². The Kier molecular flexibility index (Phi) is 6.41. The van der Waals surface area contributed by atoms with E-state index in [0.717, 1.165) is 15.3 Å². The van der Waals surface area contributed by atoms with E-state index in [1.54, 1.807) is 16.7 Å². The van der Waals surface area contributed by atoms with Gasteiger partial charge in [-0.25, -0.2) is 0 Å². The summed E-state index contributed by atoms with van der Waals surface area (Å²) in [4.78, 5) is 39.8. The number of hydrogen-bond donors (Lipinski definition) is 2. The summed E-state index contributed by atoms with van der Waals surface area (Å²) < 4.78 is 0. The Hall–Kier alpha value is -2.32. The van der Waals surface area contributed by atoms with Crippen LogP contribution in [0.3, 0.4) is 0 Å². The van der Waals surface area contributed by atoms with E-state index in [1.807, 2.05) is 31.2 Å². The van der Waals surface area contributed by atoms with Gasteiger partial charge < -0.3 is 16.0 Å². The van der Waals surface area contributed by atoms with Gasteiger partial charge in [-0.1, -0.05) is 17.7 Å². The number of carbonyl (C=O) groups is 3. The van der Waals surface area contributed by atoms with Gasteiger partial charge in [-0.3, -0.25) is 14.4 Å². The number of benzene rings is 1. The highest BCUT2D eigenvalue weighted by Crippen LogP contribution is 2.37. The molecule has 3 N–H and O–H groups in total. The second-order valence-corrected chi connectivity index (χ2v) is 9.00. The van der Waals surface area contributed by atoms with E-state index in [4.69, 9.17) is 5.73 Å². The van der Waals surface area contributed by atoms with Gasteiger partial charge in [-0.05, 0) is 31.0 Å². The molecule has 0 unspecified atom stereocenters. The fourth-order valence-corrected chi connectivity index (χ4v) is 5.24. The van der Waals surface area contributed by atoms with Gasteiger partial charge in [0, 0.05) is 35.4 Å². The van der Waals surface area contributed by atoms with Crippen molar-refractivity contribution in [3.8, 4) is 0 Å². The summed E-state index contributed by atoms with van der Waals surface area (Å²) in [5, 5.41) is 3.34. The Morgan fingerprint density at radius 2 is 1.96 bits per heavy atom. The van der Waals surface area contributed by atoms with Crippen LogP contribution in [0, 0.1) is 6.92 Å². The quantitative estimate of drug-likeness (QED) is 0.706. The fourth-order valence-electron chi connectivity index (χ4n) is 3.11. The number of nitrogens with zero attached hydrogens (tertiary/aromatic N) is 1. The summed E-state index contributed by atoms with van der Waals surface area (Å²) in [7, 11) is 0. The van der Waals surface area contributed by atoms with Gasteiger partial charge in [0.25, 0.3) is 5.91 Å². The number of primary amides is 1. The first-order chi connectivity index (χ1) is 13.3. The molecule has 1 aliphatic rings. The van der Waals surface area contributed by atoms with Crippen molar-refractivity contribution in [2.45, 2.75) is 38.1 Å². The SMILES string of the molecule is CC(=O)N1CCc2c(sc(NC(=O)CCSc3ccc(C)cc3)c2C(N)=O)C1. The summed E-state index contributed by atoms with van der Waals surface area (Å²) in [6.45, 7) is 4.57. The maximum Gasteiger partial charge on any atom is 0.251 e. The molecule has 0 bridgehead atoms. The van der Waals surface area contributed by atoms with E-state index < -0.39 is 5.91 Å². The number of nitrogens with one attached hydrogen (secondary N) is 1. The topological polar surface area (TPSA) is 92.5 Å². The Labute approximate surface area is 172 Å². The predicted octanol–water partition coefficient (Wildman–Crippen LogP) is 3.18. The normalized spacial score (nSPS) is 13.1. The highest BCUT2D eigenvalue weighted by Gasteiger charge is 2.28. The molecule has 2 heterocycles. The Morgan fingerprint density at radius 1 is 1.25 bits per heavy atom. The number of anilines is 1. The number of hydrogen-bond acceptors (Lipinski definition) is 5. The van der Waals surface area contributed by atoms with Gasteiger partial charge in [0.1, 0.15) is 5.00 Å². The Balaban J connectivity index is 1.64. The molecular weight excluding hydrogens is 394 g/mol. The molecule has 0 spiro atoms. The molecule has 0 fully saturated rings. The van der Waals surface area contributed by atoms with Gasteiger partial charge in [-0.15, -0.1) is 23.1 Å². The van der Waals surface area contributed by atoms with Crippen molar-refractivity contribution in [2.75, 3.05) is 17.6 Å². The molecule has 8 heteroatoms. The summed E-state index contributed by atoms with van der Waals surface area (Å²) in [6.07, 6.45) is 0.904. The minimum Gasteiger partial charge on any atom is -0.365 e. The van der Waals surface area contributed by atoms with Crippen LogP contribution >= 0.6 is 23.1 Å². The maximum absolute atomic E-state index is 12.4. The number of carbonyl (C=O) groups excluding carboxylic acids is 3. The average Bonchev–Trinajstić information content (AvgIpc) is 3.00. The van der Waals surface area contributed by atoms with E-state index in [9.17, 15) is 14.4 Å². The van der Waals surface area contributed by atoms with Crippen molar-refractivity contribution >= 4 is 45.8 Å². The third-order valence-electron chi connectivity index (χ3n) is 4.62. The van der Waals surface area contributed by atoms with E-state index in [-0.39, 0.29) is 11.8 Å². The molecule has 0 saturated carbocycles. The van der Waals surface area contributed by atoms with Crippen molar-refractivity contribution in [3.63, 3.8) is 0 Å². The highest BCUT2D eigenvalue weighted by molar-refractivity contribution is 7.99. The number of fused-ring (bicyclic) bond motifs is 1. The molecule has 6 nitrogen and oxygen atoms in total. The molecule has 2 aromatic rings. The first kappa shape index (κ1) is 20.4. The monoisotopic (exact) mass is 417 g/mol. The molecule has 3 amide bonds.